The Morgan fingerprint density at radius 1 is 0.970 bits per heavy atom. The van der Waals surface area contributed by atoms with Crippen molar-refractivity contribution in [2.75, 3.05) is 47.9 Å². The van der Waals surface area contributed by atoms with Gasteiger partial charge in [-0.1, -0.05) is 0 Å². The highest BCUT2D eigenvalue weighted by atomic mass is 32.2. The van der Waals surface area contributed by atoms with Crippen molar-refractivity contribution in [1.29, 1.82) is 0 Å². The second kappa shape index (κ2) is 9.03. The predicted molar refractivity (Wildman–Crippen MR) is 124 cm³/mol. The van der Waals surface area contributed by atoms with Crippen LogP contribution < -0.4 is 10.2 Å². The molecule has 8 nitrogen and oxygen atoms in total. The van der Waals surface area contributed by atoms with E-state index in [1.54, 1.807) is 12.1 Å². The van der Waals surface area contributed by atoms with Gasteiger partial charge in [-0.3, -0.25) is 9.69 Å². The minimum Gasteiger partial charge on any atom is -0.369 e. The van der Waals surface area contributed by atoms with Crippen LogP contribution in [0.1, 0.15) is 6.92 Å². The zero-order valence-electron chi connectivity index (χ0n) is 18.1. The molecule has 0 spiro atoms. The van der Waals surface area contributed by atoms with Crippen LogP contribution in [0.3, 0.4) is 0 Å². The van der Waals surface area contributed by atoms with E-state index in [-0.39, 0.29) is 22.4 Å². The Bertz CT molecular complexity index is 1220. The molecule has 1 N–H and O–H groups in total. The summed E-state index contributed by atoms with van der Waals surface area (Å²) >= 11 is 0. The van der Waals surface area contributed by atoms with Gasteiger partial charge >= 0.3 is 0 Å². The maximum atomic E-state index is 13.4. The van der Waals surface area contributed by atoms with Gasteiger partial charge in [0, 0.05) is 50.5 Å². The minimum atomic E-state index is -3.91. The summed E-state index contributed by atoms with van der Waals surface area (Å²) in [6.45, 7) is 3.53. The quantitative estimate of drug-likeness (QED) is 0.671. The van der Waals surface area contributed by atoms with E-state index in [9.17, 15) is 26.0 Å². The van der Waals surface area contributed by atoms with E-state index >= 15 is 0 Å². The maximum Gasteiger partial charge on any atom is 0.221 e. The fourth-order valence-electron chi connectivity index (χ4n) is 4.50. The lowest BCUT2D eigenvalue weighted by Crippen LogP contribution is -2.55. The Labute approximate surface area is 193 Å². The smallest absolute Gasteiger partial charge is 0.221 e. The molecule has 2 heterocycles. The van der Waals surface area contributed by atoms with Crippen molar-refractivity contribution in [2.45, 2.75) is 23.1 Å². The average Bonchev–Trinajstić information content (AvgIpc) is 3.11. The normalized spacial score (nSPS) is 23.4. The van der Waals surface area contributed by atoms with E-state index in [0.717, 1.165) is 5.69 Å². The molecule has 0 unspecified atom stereocenters. The summed E-state index contributed by atoms with van der Waals surface area (Å²) in [4.78, 5) is 15.3. The topological polar surface area (TPSA) is 104 Å². The second-order valence-corrected chi connectivity index (χ2v) is 12.8. The molecule has 2 aliphatic rings. The van der Waals surface area contributed by atoms with E-state index in [4.69, 9.17) is 0 Å². The summed E-state index contributed by atoms with van der Waals surface area (Å²) in [6.07, 6.45) is 0. The monoisotopic (exact) mass is 495 g/mol. The third-order valence-corrected chi connectivity index (χ3v) is 10.3. The molecule has 178 valence electrons. The molecule has 2 aromatic rings. The fourth-order valence-corrected chi connectivity index (χ4v) is 9.33. The number of halogens is 1. The van der Waals surface area contributed by atoms with Gasteiger partial charge < -0.3 is 10.2 Å². The zero-order valence-corrected chi connectivity index (χ0v) is 19.8. The van der Waals surface area contributed by atoms with Crippen molar-refractivity contribution in [2.24, 2.45) is 0 Å². The van der Waals surface area contributed by atoms with E-state index in [1.165, 1.54) is 43.3 Å². The van der Waals surface area contributed by atoms with Gasteiger partial charge in [-0.25, -0.2) is 21.2 Å². The molecule has 0 saturated carbocycles. The number of nitrogens with zero attached hydrogens (tertiary/aromatic N) is 2. The SMILES string of the molecule is CC(=O)Nc1ccc(S(=O)(=O)[C@@H]2CS(=O)(=O)C[C@H]2N2CCN(c3ccc(F)cc3)CC2)cc1. The van der Waals surface area contributed by atoms with E-state index in [2.05, 4.69) is 10.2 Å². The summed E-state index contributed by atoms with van der Waals surface area (Å²) in [5.74, 6) is -1.19. The predicted octanol–water partition coefficient (Wildman–Crippen LogP) is 1.55. The molecule has 0 radical (unpaired) electrons. The number of hydrogen-bond donors (Lipinski definition) is 1. The number of piperazine rings is 1. The van der Waals surface area contributed by atoms with Crippen molar-refractivity contribution in [3.05, 3.63) is 54.3 Å². The summed E-state index contributed by atoms with van der Waals surface area (Å²) in [6, 6.07) is 11.3. The average molecular weight is 496 g/mol. The number of hydrogen-bond acceptors (Lipinski definition) is 7. The number of rotatable bonds is 5. The van der Waals surface area contributed by atoms with Gasteiger partial charge in [-0.15, -0.1) is 0 Å². The van der Waals surface area contributed by atoms with Crippen LogP contribution in [-0.2, 0) is 24.5 Å². The number of anilines is 2. The van der Waals surface area contributed by atoms with Crippen molar-refractivity contribution < 1.29 is 26.0 Å². The molecule has 2 fully saturated rings. The molecule has 2 saturated heterocycles. The third kappa shape index (κ3) is 5.20. The highest BCUT2D eigenvalue weighted by molar-refractivity contribution is 7.96. The van der Waals surface area contributed by atoms with Crippen LogP contribution in [0.5, 0.6) is 0 Å². The molecule has 2 aromatic carbocycles. The molecule has 11 heteroatoms. The molecule has 4 rings (SSSR count). The molecule has 0 bridgehead atoms. The number of amides is 1. The van der Waals surface area contributed by atoms with Crippen LogP contribution >= 0.6 is 0 Å². The Morgan fingerprint density at radius 3 is 2.15 bits per heavy atom. The summed E-state index contributed by atoms with van der Waals surface area (Å²) in [7, 11) is -7.43. The number of nitrogens with one attached hydrogen (secondary N) is 1. The highest BCUT2D eigenvalue weighted by Crippen LogP contribution is 2.31. The molecule has 2 atom stereocenters. The standard InChI is InChI=1S/C22H26FN3O5S2/c1-16(27)24-18-4-8-20(9-5-18)33(30,31)22-15-32(28,29)14-21(22)26-12-10-25(11-13-26)19-6-2-17(23)3-7-19/h2-9,21-22H,10-15H2,1H3,(H,24,27)/t21-,22-/m1/s1. The summed E-state index contributed by atoms with van der Waals surface area (Å²) in [5.41, 5.74) is 1.34. The number of benzene rings is 2. The lowest BCUT2D eigenvalue weighted by atomic mass is 10.1. The molecule has 0 aliphatic carbocycles. The first-order valence-corrected chi connectivity index (χ1v) is 14.0. The van der Waals surface area contributed by atoms with Crippen LogP contribution in [0.2, 0.25) is 0 Å². The number of carbonyl (C=O) groups excluding carboxylic acids is 1. The van der Waals surface area contributed by atoms with Crippen LogP contribution in [0.15, 0.2) is 53.4 Å². The fraction of sp³-hybridized carbons (Fsp3) is 0.409. The van der Waals surface area contributed by atoms with Crippen molar-refractivity contribution in [1.82, 2.24) is 4.90 Å². The van der Waals surface area contributed by atoms with Crippen LogP contribution in [-0.4, -0.2) is 76.6 Å². The first-order chi connectivity index (χ1) is 15.5. The Hall–Kier alpha value is -2.50. The molecule has 1 amide bonds. The molecule has 0 aromatic heterocycles. The van der Waals surface area contributed by atoms with Gasteiger partial charge in [-0.05, 0) is 48.5 Å². The Balaban J connectivity index is 1.52. The van der Waals surface area contributed by atoms with Crippen molar-refractivity contribution in [3.8, 4) is 0 Å². The van der Waals surface area contributed by atoms with Crippen molar-refractivity contribution in [3.63, 3.8) is 0 Å². The Morgan fingerprint density at radius 2 is 1.58 bits per heavy atom. The zero-order chi connectivity index (χ0) is 23.8. The van der Waals surface area contributed by atoms with E-state index in [1.807, 2.05) is 4.90 Å². The first kappa shape index (κ1) is 23.7. The molecule has 2 aliphatic heterocycles. The molecular formula is C22H26FN3O5S2. The molecule has 33 heavy (non-hydrogen) atoms. The van der Waals surface area contributed by atoms with E-state index < -0.39 is 36.7 Å². The van der Waals surface area contributed by atoms with Gasteiger partial charge in [0.2, 0.25) is 5.91 Å². The van der Waals surface area contributed by atoms with Crippen LogP contribution in [0.25, 0.3) is 0 Å². The third-order valence-electron chi connectivity index (χ3n) is 6.15. The van der Waals surface area contributed by atoms with Crippen molar-refractivity contribution >= 4 is 37.0 Å². The largest absolute Gasteiger partial charge is 0.369 e. The van der Waals surface area contributed by atoms with Gasteiger partial charge in [0.1, 0.15) is 5.82 Å². The maximum absolute atomic E-state index is 13.4. The van der Waals surface area contributed by atoms with E-state index in [0.29, 0.717) is 31.9 Å². The minimum absolute atomic E-state index is 0.0358. The van der Waals surface area contributed by atoms with Gasteiger partial charge in [0.25, 0.3) is 0 Å². The highest BCUT2D eigenvalue weighted by Gasteiger charge is 2.48. The second-order valence-electron chi connectivity index (χ2n) is 8.43. The molecular weight excluding hydrogens is 469 g/mol. The van der Waals surface area contributed by atoms with Gasteiger partial charge in [0.05, 0.1) is 21.7 Å². The lowest BCUT2D eigenvalue weighted by molar-refractivity contribution is -0.114. The summed E-state index contributed by atoms with van der Waals surface area (Å²) in [5, 5.41) is 1.52. The van der Waals surface area contributed by atoms with Gasteiger partial charge in [0.15, 0.2) is 19.7 Å². The lowest BCUT2D eigenvalue weighted by Gasteiger charge is -2.40. The summed E-state index contributed by atoms with van der Waals surface area (Å²) < 4.78 is 65.0. The number of carbonyl (C=O) groups is 1. The van der Waals surface area contributed by atoms with Crippen LogP contribution in [0.4, 0.5) is 15.8 Å². The first-order valence-electron chi connectivity index (χ1n) is 10.6. The van der Waals surface area contributed by atoms with Gasteiger partial charge in [-0.2, -0.15) is 0 Å². The number of sulfone groups is 2. The van der Waals surface area contributed by atoms with Crippen LogP contribution in [0, 0.1) is 5.82 Å². The Kier molecular flexibility index (Phi) is 6.47.